The average molecular weight is 268 g/mol. The van der Waals surface area contributed by atoms with Crippen LogP contribution in [0.3, 0.4) is 0 Å². The Morgan fingerprint density at radius 1 is 0.700 bits per heavy atom. The van der Waals surface area contributed by atoms with Crippen LogP contribution in [0.4, 0.5) is 8.78 Å². The first-order valence-corrected chi connectivity index (χ1v) is 6.51. The summed E-state index contributed by atoms with van der Waals surface area (Å²) >= 11 is 0. The highest BCUT2D eigenvalue weighted by Crippen LogP contribution is 2.30. The van der Waals surface area contributed by atoms with Crippen molar-refractivity contribution in [1.82, 2.24) is 0 Å². The molecule has 0 bridgehead atoms. The number of hydrogen-bond acceptors (Lipinski definition) is 0. The summed E-state index contributed by atoms with van der Waals surface area (Å²) < 4.78 is 26.4. The third kappa shape index (κ3) is 2.42. The molecule has 0 nitrogen and oxygen atoms in total. The van der Waals surface area contributed by atoms with Crippen molar-refractivity contribution in [1.29, 1.82) is 0 Å². The lowest BCUT2D eigenvalue weighted by molar-refractivity contribution is 0.0175. The number of fused-ring (bicyclic) bond motifs is 1. The summed E-state index contributed by atoms with van der Waals surface area (Å²) in [5.41, 5.74) is 2.03. The quantitative estimate of drug-likeness (QED) is 0.566. The van der Waals surface area contributed by atoms with E-state index in [1.807, 2.05) is 30.3 Å². The Kier molecular flexibility index (Phi) is 3.01. The van der Waals surface area contributed by atoms with E-state index in [-0.39, 0.29) is 5.56 Å². The molecule has 100 valence electrons. The van der Waals surface area contributed by atoms with Gasteiger partial charge in [0.15, 0.2) is 0 Å². The molecule has 3 rings (SSSR count). The van der Waals surface area contributed by atoms with Gasteiger partial charge in [0, 0.05) is 12.5 Å². The second kappa shape index (κ2) is 4.71. The summed E-state index contributed by atoms with van der Waals surface area (Å²) in [4.78, 5) is 0. The van der Waals surface area contributed by atoms with Gasteiger partial charge in [-0.2, -0.15) is 0 Å². The summed E-state index contributed by atoms with van der Waals surface area (Å²) in [7, 11) is 0. The van der Waals surface area contributed by atoms with Gasteiger partial charge in [-0.3, -0.25) is 0 Å². The molecule has 20 heavy (non-hydrogen) atoms. The van der Waals surface area contributed by atoms with Crippen molar-refractivity contribution >= 4 is 10.8 Å². The van der Waals surface area contributed by atoms with E-state index in [1.165, 1.54) is 17.5 Å². The molecular weight excluding hydrogens is 254 g/mol. The van der Waals surface area contributed by atoms with Gasteiger partial charge in [0.1, 0.15) is 0 Å². The van der Waals surface area contributed by atoms with Crippen molar-refractivity contribution < 1.29 is 8.78 Å². The Labute approximate surface area is 116 Å². The van der Waals surface area contributed by atoms with Gasteiger partial charge in [-0.05, 0) is 28.0 Å². The molecule has 0 aliphatic heterocycles. The van der Waals surface area contributed by atoms with E-state index in [1.54, 1.807) is 12.1 Å². The van der Waals surface area contributed by atoms with Gasteiger partial charge in [-0.15, -0.1) is 0 Å². The van der Waals surface area contributed by atoms with E-state index >= 15 is 0 Å². The van der Waals surface area contributed by atoms with Crippen molar-refractivity contribution in [3.05, 3.63) is 72.3 Å². The molecule has 0 aliphatic rings. The molecule has 0 aliphatic carbocycles. The van der Waals surface area contributed by atoms with Crippen LogP contribution >= 0.6 is 0 Å². The van der Waals surface area contributed by atoms with Crippen molar-refractivity contribution in [3.63, 3.8) is 0 Å². The number of hydrogen-bond donors (Lipinski definition) is 0. The highest BCUT2D eigenvalue weighted by Gasteiger charge is 2.23. The predicted octanol–water partition coefficient (Wildman–Crippen LogP) is 5.62. The van der Waals surface area contributed by atoms with E-state index in [4.69, 9.17) is 0 Å². The van der Waals surface area contributed by atoms with Gasteiger partial charge >= 0.3 is 0 Å². The first-order chi connectivity index (χ1) is 9.54. The zero-order chi connectivity index (χ0) is 14.2. The third-order valence-electron chi connectivity index (χ3n) is 3.47. The summed E-state index contributed by atoms with van der Waals surface area (Å²) in [5, 5.41) is 2.32. The zero-order valence-electron chi connectivity index (χ0n) is 11.1. The van der Waals surface area contributed by atoms with Crippen molar-refractivity contribution in [2.45, 2.75) is 12.8 Å². The number of halogens is 2. The normalized spacial score (nSPS) is 11.8. The van der Waals surface area contributed by atoms with E-state index in [0.717, 1.165) is 23.4 Å². The molecule has 0 atom stereocenters. The van der Waals surface area contributed by atoms with Gasteiger partial charge in [-0.1, -0.05) is 60.7 Å². The van der Waals surface area contributed by atoms with Crippen LogP contribution in [0.25, 0.3) is 21.9 Å². The summed E-state index contributed by atoms with van der Waals surface area (Å²) in [6.07, 6.45) is 0. The first-order valence-electron chi connectivity index (χ1n) is 6.51. The van der Waals surface area contributed by atoms with Crippen LogP contribution in [0.5, 0.6) is 0 Å². The molecule has 0 radical (unpaired) electrons. The fraction of sp³-hybridized carbons (Fsp3) is 0.111. The van der Waals surface area contributed by atoms with E-state index in [2.05, 4.69) is 12.1 Å². The topological polar surface area (TPSA) is 0 Å². The molecule has 0 amide bonds. The Morgan fingerprint density at radius 3 is 1.95 bits per heavy atom. The maximum Gasteiger partial charge on any atom is 0.270 e. The third-order valence-corrected chi connectivity index (χ3v) is 3.47. The average Bonchev–Trinajstić information content (AvgIpc) is 2.46. The maximum absolute atomic E-state index is 13.2. The Bertz CT molecular complexity index is 737. The van der Waals surface area contributed by atoms with Crippen LogP contribution in [0.1, 0.15) is 12.5 Å². The number of rotatable bonds is 2. The minimum absolute atomic E-state index is 0.0436. The van der Waals surface area contributed by atoms with Gasteiger partial charge in [0.2, 0.25) is 0 Å². The highest BCUT2D eigenvalue weighted by molar-refractivity contribution is 5.87. The minimum Gasteiger partial charge on any atom is -0.202 e. The summed E-state index contributed by atoms with van der Waals surface area (Å²) in [6, 6.07) is 20.7. The number of benzene rings is 3. The Hall–Kier alpha value is -2.22. The molecule has 0 spiro atoms. The molecule has 2 heteroatoms. The first kappa shape index (κ1) is 12.8. The second-order valence-electron chi connectivity index (χ2n) is 5.03. The van der Waals surface area contributed by atoms with E-state index < -0.39 is 5.92 Å². The molecule has 0 saturated carbocycles. The lowest BCUT2D eigenvalue weighted by atomic mass is 9.99. The lowest BCUT2D eigenvalue weighted by Gasteiger charge is -2.11. The minimum atomic E-state index is -2.79. The van der Waals surface area contributed by atoms with Gasteiger partial charge in [-0.25, -0.2) is 8.78 Å². The fourth-order valence-electron chi connectivity index (χ4n) is 2.32. The van der Waals surface area contributed by atoms with Crippen LogP contribution in [-0.2, 0) is 5.92 Å². The van der Waals surface area contributed by atoms with E-state index in [9.17, 15) is 8.78 Å². The maximum atomic E-state index is 13.2. The van der Waals surface area contributed by atoms with Crippen molar-refractivity contribution in [2.24, 2.45) is 0 Å². The monoisotopic (exact) mass is 268 g/mol. The van der Waals surface area contributed by atoms with Crippen LogP contribution < -0.4 is 0 Å². The molecule has 0 unspecified atom stereocenters. The Morgan fingerprint density at radius 2 is 1.30 bits per heavy atom. The zero-order valence-corrected chi connectivity index (χ0v) is 11.1. The summed E-state index contributed by atoms with van der Waals surface area (Å²) in [5.74, 6) is -2.79. The lowest BCUT2D eigenvalue weighted by Crippen LogP contribution is -2.06. The standard InChI is InChI=1S/C18H14F2/c1-18(19,20)17-10-8-14(9-11-17)16-7-6-13-4-2-3-5-15(13)12-16/h2-12H,1H3. The Balaban J connectivity index is 2.02. The molecule has 0 saturated heterocycles. The molecule has 0 heterocycles. The molecule has 0 aromatic heterocycles. The molecule has 3 aromatic carbocycles. The number of alkyl halides is 2. The molecule has 3 aromatic rings. The predicted molar refractivity (Wildman–Crippen MR) is 79.0 cm³/mol. The molecule has 0 N–H and O–H groups in total. The van der Waals surface area contributed by atoms with E-state index in [0.29, 0.717) is 0 Å². The highest BCUT2D eigenvalue weighted by atomic mass is 19.3. The van der Waals surface area contributed by atoms with Crippen molar-refractivity contribution in [3.8, 4) is 11.1 Å². The smallest absolute Gasteiger partial charge is 0.202 e. The van der Waals surface area contributed by atoms with Gasteiger partial charge in [0.25, 0.3) is 5.92 Å². The molecule has 0 fully saturated rings. The van der Waals surface area contributed by atoms with Crippen molar-refractivity contribution in [2.75, 3.05) is 0 Å². The summed E-state index contributed by atoms with van der Waals surface area (Å²) in [6.45, 7) is 0.915. The van der Waals surface area contributed by atoms with Crippen LogP contribution in [0.2, 0.25) is 0 Å². The van der Waals surface area contributed by atoms with Gasteiger partial charge in [0.05, 0.1) is 0 Å². The second-order valence-corrected chi connectivity index (χ2v) is 5.03. The fourth-order valence-corrected chi connectivity index (χ4v) is 2.32. The SMILES string of the molecule is CC(F)(F)c1ccc(-c2ccc3ccccc3c2)cc1. The van der Waals surface area contributed by atoms with Crippen LogP contribution in [0, 0.1) is 0 Å². The van der Waals surface area contributed by atoms with Gasteiger partial charge < -0.3 is 0 Å². The molecular formula is C18H14F2. The largest absolute Gasteiger partial charge is 0.270 e. The van der Waals surface area contributed by atoms with Crippen LogP contribution in [0.15, 0.2) is 66.7 Å². The van der Waals surface area contributed by atoms with Crippen LogP contribution in [-0.4, -0.2) is 0 Å².